The monoisotopic (exact) mass is 226 g/mol. The van der Waals surface area contributed by atoms with Crippen molar-refractivity contribution in [1.29, 1.82) is 0 Å². The van der Waals surface area contributed by atoms with Crippen LogP contribution in [0.15, 0.2) is 0 Å². The number of rotatable bonds is 6. The predicted molar refractivity (Wildman–Crippen MR) is 71.6 cm³/mol. The third-order valence-electron chi connectivity index (χ3n) is 3.92. The van der Waals surface area contributed by atoms with Crippen LogP contribution in [0, 0.1) is 5.92 Å². The van der Waals surface area contributed by atoms with E-state index in [4.69, 9.17) is 5.73 Å². The molecule has 0 aromatic rings. The molecule has 2 nitrogen and oxygen atoms in total. The van der Waals surface area contributed by atoms with Gasteiger partial charge in [-0.25, -0.2) is 0 Å². The van der Waals surface area contributed by atoms with Crippen molar-refractivity contribution in [1.82, 2.24) is 4.90 Å². The largest absolute Gasteiger partial charge is 0.330 e. The molecule has 1 fully saturated rings. The number of hydrogen-bond donors (Lipinski definition) is 1. The molecule has 1 rings (SSSR count). The average molecular weight is 226 g/mol. The van der Waals surface area contributed by atoms with Gasteiger partial charge < -0.3 is 10.6 Å². The molecule has 2 atom stereocenters. The van der Waals surface area contributed by atoms with Gasteiger partial charge in [0.05, 0.1) is 0 Å². The van der Waals surface area contributed by atoms with Crippen molar-refractivity contribution in [3.8, 4) is 0 Å². The third-order valence-corrected chi connectivity index (χ3v) is 3.92. The number of hydrogen-bond acceptors (Lipinski definition) is 2. The minimum absolute atomic E-state index is 0.815. The summed E-state index contributed by atoms with van der Waals surface area (Å²) >= 11 is 0. The zero-order valence-corrected chi connectivity index (χ0v) is 11.3. The number of nitrogens with two attached hydrogens (primary N) is 1. The summed E-state index contributed by atoms with van der Waals surface area (Å²) in [7, 11) is 0. The molecule has 1 saturated heterocycles. The van der Waals surface area contributed by atoms with E-state index in [-0.39, 0.29) is 0 Å². The normalized spacial score (nSPS) is 25.3. The van der Waals surface area contributed by atoms with E-state index in [1.54, 1.807) is 0 Å². The summed E-state index contributed by atoms with van der Waals surface area (Å²) < 4.78 is 0. The highest BCUT2D eigenvalue weighted by atomic mass is 15.2. The molecule has 2 heteroatoms. The first-order valence-corrected chi connectivity index (χ1v) is 7.22. The molecule has 0 aromatic heterocycles. The molecule has 0 aromatic carbocycles. The van der Waals surface area contributed by atoms with E-state index in [0.29, 0.717) is 0 Å². The topological polar surface area (TPSA) is 29.3 Å². The molecule has 16 heavy (non-hydrogen) atoms. The van der Waals surface area contributed by atoms with Crippen LogP contribution in [0.2, 0.25) is 0 Å². The smallest absolute Gasteiger partial charge is 0.00927 e. The van der Waals surface area contributed by atoms with E-state index < -0.39 is 0 Å². The molecule has 0 spiro atoms. The first-order valence-electron chi connectivity index (χ1n) is 7.22. The molecule has 0 amide bonds. The van der Waals surface area contributed by atoms with Gasteiger partial charge in [0.2, 0.25) is 0 Å². The molecule has 2 unspecified atom stereocenters. The van der Waals surface area contributed by atoms with Crippen molar-refractivity contribution in [2.45, 2.75) is 64.8 Å². The maximum absolute atomic E-state index is 5.57. The molecule has 1 heterocycles. The van der Waals surface area contributed by atoms with Crippen LogP contribution < -0.4 is 5.73 Å². The Morgan fingerprint density at radius 1 is 1.31 bits per heavy atom. The highest BCUT2D eigenvalue weighted by Gasteiger charge is 2.20. The fraction of sp³-hybridized carbons (Fsp3) is 1.00. The lowest BCUT2D eigenvalue weighted by molar-refractivity contribution is 0.165. The molecular formula is C14H30N2. The Labute approximate surface area is 102 Å². The van der Waals surface area contributed by atoms with Gasteiger partial charge in [-0.2, -0.15) is 0 Å². The van der Waals surface area contributed by atoms with Crippen LogP contribution in [-0.4, -0.2) is 30.6 Å². The van der Waals surface area contributed by atoms with Crippen molar-refractivity contribution in [3.05, 3.63) is 0 Å². The molecule has 0 saturated carbocycles. The van der Waals surface area contributed by atoms with Crippen LogP contribution >= 0.6 is 0 Å². The minimum atomic E-state index is 0.815. The van der Waals surface area contributed by atoms with Crippen LogP contribution in [0.1, 0.15) is 58.8 Å². The Morgan fingerprint density at radius 2 is 2.12 bits per heavy atom. The van der Waals surface area contributed by atoms with Crippen molar-refractivity contribution in [2.24, 2.45) is 11.7 Å². The second kappa shape index (κ2) is 8.08. The molecule has 1 aliphatic heterocycles. The molecule has 96 valence electrons. The van der Waals surface area contributed by atoms with E-state index in [1.165, 1.54) is 58.0 Å². The van der Waals surface area contributed by atoms with E-state index in [2.05, 4.69) is 18.7 Å². The van der Waals surface area contributed by atoms with Gasteiger partial charge in [0.1, 0.15) is 0 Å². The number of nitrogens with zero attached hydrogens (tertiary/aromatic N) is 1. The first-order chi connectivity index (χ1) is 7.77. The zero-order valence-electron chi connectivity index (χ0n) is 11.3. The Morgan fingerprint density at radius 3 is 2.81 bits per heavy atom. The molecule has 1 aliphatic rings. The van der Waals surface area contributed by atoms with Gasteiger partial charge in [-0.15, -0.1) is 0 Å². The Bertz CT molecular complexity index is 170. The lowest BCUT2D eigenvalue weighted by Crippen LogP contribution is -2.37. The standard InChI is InChI=1S/C14H30N2/c1-3-14-9-5-4-6-11-16(14)12-13(2)8-7-10-15/h13-14H,3-12,15H2,1-2H3. The average Bonchev–Trinajstić information content (AvgIpc) is 2.51. The summed E-state index contributed by atoms with van der Waals surface area (Å²) in [5.41, 5.74) is 5.57. The Hall–Kier alpha value is -0.0800. The lowest BCUT2D eigenvalue weighted by Gasteiger charge is -2.31. The summed E-state index contributed by atoms with van der Waals surface area (Å²) in [5.74, 6) is 0.815. The summed E-state index contributed by atoms with van der Waals surface area (Å²) in [6.45, 7) is 8.19. The molecule has 0 aliphatic carbocycles. The summed E-state index contributed by atoms with van der Waals surface area (Å²) in [5, 5.41) is 0. The highest BCUT2D eigenvalue weighted by molar-refractivity contribution is 4.75. The van der Waals surface area contributed by atoms with E-state index in [0.717, 1.165) is 18.5 Å². The van der Waals surface area contributed by atoms with Crippen LogP contribution in [-0.2, 0) is 0 Å². The lowest BCUT2D eigenvalue weighted by atomic mass is 10.0. The van der Waals surface area contributed by atoms with Gasteiger partial charge in [0.25, 0.3) is 0 Å². The maximum atomic E-state index is 5.57. The molecule has 0 radical (unpaired) electrons. The maximum Gasteiger partial charge on any atom is 0.00927 e. The Balaban J connectivity index is 2.35. The van der Waals surface area contributed by atoms with Crippen molar-refractivity contribution < 1.29 is 0 Å². The van der Waals surface area contributed by atoms with Gasteiger partial charge in [-0.05, 0) is 51.1 Å². The second-order valence-electron chi connectivity index (χ2n) is 5.44. The van der Waals surface area contributed by atoms with Crippen LogP contribution in [0.25, 0.3) is 0 Å². The van der Waals surface area contributed by atoms with Gasteiger partial charge in [-0.3, -0.25) is 0 Å². The van der Waals surface area contributed by atoms with Crippen molar-refractivity contribution in [2.75, 3.05) is 19.6 Å². The zero-order chi connectivity index (χ0) is 11.8. The quantitative estimate of drug-likeness (QED) is 0.754. The molecular weight excluding hydrogens is 196 g/mol. The van der Waals surface area contributed by atoms with E-state index >= 15 is 0 Å². The molecule has 2 N–H and O–H groups in total. The second-order valence-corrected chi connectivity index (χ2v) is 5.44. The third kappa shape index (κ3) is 4.84. The van der Waals surface area contributed by atoms with Gasteiger partial charge in [0, 0.05) is 12.6 Å². The van der Waals surface area contributed by atoms with Gasteiger partial charge in [-0.1, -0.05) is 26.7 Å². The summed E-state index contributed by atoms with van der Waals surface area (Å²) in [4.78, 5) is 2.74. The van der Waals surface area contributed by atoms with Crippen LogP contribution in [0.5, 0.6) is 0 Å². The molecule has 0 bridgehead atoms. The van der Waals surface area contributed by atoms with Gasteiger partial charge >= 0.3 is 0 Å². The van der Waals surface area contributed by atoms with Crippen molar-refractivity contribution in [3.63, 3.8) is 0 Å². The highest BCUT2D eigenvalue weighted by Crippen LogP contribution is 2.21. The predicted octanol–water partition coefficient (Wildman–Crippen LogP) is 3.02. The SMILES string of the molecule is CCC1CCCCCN1CC(C)CCCN. The van der Waals surface area contributed by atoms with Gasteiger partial charge in [0.15, 0.2) is 0 Å². The van der Waals surface area contributed by atoms with Crippen LogP contribution in [0.4, 0.5) is 0 Å². The summed E-state index contributed by atoms with van der Waals surface area (Å²) in [6.07, 6.45) is 9.50. The summed E-state index contributed by atoms with van der Waals surface area (Å²) in [6, 6.07) is 0.850. The number of likely N-dealkylation sites (tertiary alicyclic amines) is 1. The van der Waals surface area contributed by atoms with Crippen LogP contribution in [0.3, 0.4) is 0 Å². The first kappa shape index (κ1) is 14.0. The minimum Gasteiger partial charge on any atom is -0.330 e. The van der Waals surface area contributed by atoms with Crippen molar-refractivity contribution >= 4 is 0 Å². The fourth-order valence-corrected chi connectivity index (χ4v) is 2.90. The van der Waals surface area contributed by atoms with E-state index in [9.17, 15) is 0 Å². The Kier molecular flexibility index (Phi) is 7.06. The van der Waals surface area contributed by atoms with E-state index in [1.807, 2.05) is 0 Å². The fourth-order valence-electron chi connectivity index (χ4n) is 2.90.